The van der Waals surface area contributed by atoms with E-state index < -0.39 is 23.1 Å². The Hall–Kier alpha value is -2.42. The van der Waals surface area contributed by atoms with Gasteiger partial charge in [-0.05, 0) is 42.3 Å². The molecule has 0 bridgehead atoms. The first-order valence-corrected chi connectivity index (χ1v) is 8.20. The lowest BCUT2D eigenvalue weighted by molar-refractivity contribution is 0.0938. The Morgan fingerprint density at radius 3 is 2.80 bits per heavy atom. The van der Waals surface area contributed by atoms with E-state index in [0.29, 0.717) is 10.7 Å². The van der Waals surface area contributed by atoms with Crippen molar-refractivity contribution in [2.24, 2.45) is 0 Å². The summed E-state index contributed by atoms with van der Waals surface area (Å²) in [6.07, 6.45) is 2.74. The van der Waals surface area contributed by atoms with E-state index in [0.717, 1.165) is 22.9 Å². The van der Waals surface area contributed by atoms with Crippen LogP contribution in [0.4, 0.5) is 8.78 Å². The van der Waals surface area contributed by atoms with Gasteiger partial charge >= 0.3 is 0 Å². The normalized spacial score (nSPS) is 10.7. The minimum atomic E-state index is -0.976. The van der Waals surface area contributed by atoms with Gasteiger partial charge in [0.25, 0.3) is 5.91 Å². The standard InChI is InChI=1S/C16H11ClF2N4OS/c17-9-2-1-3-10(6-9)25-23-22-16(24)14-12(18)5-4-11(15(14)19)13-7-20-8-21-13/h1-8,23H,(H,20,21)(H,22,24). The van der Waals surface area contributed by atoms with E-state index in [1.807, 2.05) is 0 Å². The van der Waals surface area contributed by atoms with Crippen LogP contribution in [0.3, 0.4) is 0 Å². The zero-order valence-corrected chi connectivity index (χ0v) is 14.1. The van der Waals surface area contributed by atoms with E-state index in [1.165, 1.54) is 18.6 Å². The van der Waals surface area contributed by atoms with Crippen LogP contribution in [-0.4, -0.2) is 15.9 Å². The van der Waals surface area contributed by atoms with Crippen LogP contribution in [0.2, 0.25) is 5.02 Å². The number of amides is 1. The molecule has 0 fully saturated rings. The third-order valence-corrected chi connectivity index (χ3v) is 4.16. The predicted octanol–water partition coefficient (Wildman–Crippen LogP) is 3.95. The molecular weight excluding hydrogens is 370 g/mol. The van der Waals surface area contributed by atoms with Gasteiger partial charge < -0.3 is 4.98 Å². The number of carbonyl (C=O) groups excluding carboxylic acids is 1. The number of aromatic amines is 1. The Labute approximate surface area is 150 Å². The highest BCUT2D eigenvalue weighted by molar-refractivity contribution is 7.97. The molecule has 3 N–H and O–H groups in total. The van der Waals surface area contributed by atoms with Gasteiger partial charge in [-0.2, -0.15) is 4.83 Å². The maximum absolute atomic E-state index is 14.5. The Balaban J connectivity index is 1.74. The summed E-state index contributed by atoms with van der Waals surface area (Å²) in [7, 11) is 0. The van der Waals surface area contributed by atoms with Crippen molar-refractivity contribution in [3.63, 3.8) is 0 Å². The van der Waals surface area contributed by atoms with Gasteiger partial charge in [0.1, 0.15) is 17.2 Å². The van der Waals surface area contributed by atoms with Crippen molar-refractivity contribution in [1.82, 2.24) is 20.2 Å². The number of benzene rings is 2. The van der Waals surface area contributed by atoms with E-state index in [2.05, 4.69) is 20.2 Å². The molecule has 3 aromatic rings. The molecule has 3 rings (SSSR count). The molecule has 128 valence electrons. The Morgan fingerprint density at radius 1 is 1.24 bits per heavy atom. The molecule has 0 atom stereocenters. The molecule has 0 aliphatic carbocycles. The molecule has 2 aromatic carbocycles. The van der Waals surface area contributed by atoms with E-state index >= 15 is 0 Å². The van der Waals surface area contributed by atoms with Crippen LogP contribution >= 0.6 is 23.5 Å². The first-order valence-electron chi connectivity index (χ1n) is 7.01. The second-order valence-corrected chi connectivity index (χ2v) is 6.18. The zero-order valence-electron chi connectivity index (χ0n) is 12.5. The molecule has 0 spiro atoms. The monoisotopic (exact) mass is 380 g/mol. The van der Waals surface area contributed by atoms with Crippen LogP contribution in [0.1, 0.15) is 10.4 Å². The molecule has 0 saturated heterocycles. The largest absolute Gasteiger partial charge is 0.345 e. The van der Waals surface area contributed by atoms with Gasteiger partial charge in [-0.25, -0.2) is 13.8 Å². The molecule has 9 heteroatoms. The quantitative estimate of drug-likeness (QED) is 0.463. The first-order chi connectivity index (χ1) is 12.1. The van der Waals surface area contributed by atoms with Crippen molar-refractivity contribution in [2.75, 3.05) is 0 Å². The van der Waals surface area contributed by atoms with E-state index in [4.69, 9.17) is 11.6 Å². The molecule has 0 unspecified atom stereocenters. The summed E-state index contributed by atoms with van der Waals surface area (Å²) in [5.41, 5.74) is 1.95. The number of imidazole rings is 1. The summed E-state index contributed by atoms with van der Waals surface area (Å²) in [4.78, 5) is 21.9. The average Bonchev–Trinajstić information content (AvgIpc) is 3.09. The van der Waals surface area contributed by atoms with Crippen molar-refractivity contribution in [3.8, 4) is 11.3 Å². The predicted molar refractivity (Wildman–Crippen MR) is 91.9 cm³/mol. The number of hydrogen-bond acceptors (Lipinski definition) is 4. The third kappa shape index (κ3) is 3.98. The minimum Gasteiger partial charge on any atom is -0.345 e. The van der Waals surface area contributed by atoms with Gasteiger partial charge in [0.2, 0.25) is 0 Å². The maximum atomic E-state index is 14.5. The number of carbonyl (C=O) groups is 1. The number of aromatic nitrogens is 2. The van der Waals surface area contributed by atoms with E-state index in [9.17, 15) is 13.6 Å². The number of nitrogens with one attached hydrogen (secondary N) is 3. The summed E-state index contributed by atoms with van der Waals surface area (Å²) in [5.74, 6) is -2.88. The highest BCUT2D eigenvalue weighted by Gasteiger charge is 2.21. The fourth-order valence-electron chi connectivity index (χ4n) is 2.10. The third-order valence-electron chi connectivity index (χ3n) is 3.24. The van der Waals surface area contributed by atoms with Crippen LogP contribution in [0, 0.1) is 11.6 Å². The summed E-state index contributed by atoms with van der Waals surface area (Å²) >= 11 is 6.90. The molecule has 0 aliphatic heterocycles. The van der Waals surface area contributed by atoms with Crippen LogP contribution in [0.5, 0.6) is 0 Å². The lowest BCUT2D eigenvalue weighted by Gasteiger charge is -2.10. The number of nitrogens with zero attached hydrogens (tertiary/aromatic N) is 1. The Morgan fingerprint density at radius 2 is 2.08 bits per heavy atom. The van der Waals surface area contributed by atoms with Crippen molar-refractivity contribution in [1.29, 1.82) is 0 Å². The van der Waals surface area contributed by atoms with Crippen molar-refractivity contribution in [2.45, 2.75) is 4.90 Å². The van der Waals surface area contributed by atoms with Crippen LogP contribution in [-0.2, 0) is 0 Å². The first kappa shape index (κ1) is 17.4. The highest BCUT2D eigenvalue weighted by atomic mass is 35.5. The topological polar surface area (TPSA) is 69.8 Å². The van der Waals surface area contributed by atoms with Crippen LogP contribution in [0.25, 0.3) is 11.3 Å². The number of H-pyrrole nitrogens is 1. The van der Waals surface area contributed by atoms with Gasteiger partial charge in [-0.3, -0.25) is 10.2 Å². The number of hydrogen-bond donors (Lipinski definition) is 3. The molecule has 1 heterocycles. The maximum Gasteiger partial charge on any atom is 0.272 e. The zero-order chi connectivity index (χ0) is 17.8. The lowest BCUT2D eigenvalue weighted by Crippen LogP contribution is -2.33. The van der Waals surface area contributed by atoms with E-state index in [1.54, 1.807) is 24.3 Å². The number of halogens is 3. The summed E-state index contributed by atoms with van der Waals surface area (Å²) in [5, 5.41) is 0.530. The van der Waals surface area contributed by atoms with Gasteiger partial charge in [0, 0.05) is 15.5 Å². The number of hydrazine groups is 1. The molecule has 1 amide bonds. The molecular formula is C16H11ClF2N4OS. The van der Waals surface area contributed by atoms with Gasteiger partial charge in [0.05, 0.1) is 18.2 Å². The van der Waals surface area contributed by atoms with Gasteiger partial charge in [-0.15, -0.1) is 0 Å². The second kappa shape index (κ2) is 7.64. The molecule has 1 aromatic heterocycles. The van der Waals surface area contributed by atoms with Crippen molar-refractivity contribution in [3.05, 3.63) is 71.1 Å². The van der Waals surface area contributed by atoms with Gasteiger partial charge in [-0.1, -0.05) is 17.7 Å². The molecule has 0 aliphatic rings. The lowest BCUT2D eigenvalue weighted by atomic mass is 10.1. The fourth-order valence-corrected chi connectivity index (χ4v) is 2.94. The average molecular weight is 381 g/mol. The molecule has 5 nitrogen and oxygen atoms in total. The number of rotatable bonds is 5. The Bertz CT molecular complexity index is 905. The smallest absolute Gasteiger partial charge is 0.272 e. The summed E-state index contributed by atoms with van der Waals surface area (Å²) in [6.45, 7) is 0. The van der Waals surface area contributed by atoms with E-state index in [-0.39, 0.29) is 5.56 Å². The summed E-state index contributed by atoms with van der Waals surface area (Å²) in [6, 6.07) is 9.14. The SMILES string of the molecule is O=C(NNSc1cccc(Cl)c1)c1c(F)ccc(-c2cnc[nH]2)c1F. The minimum absolute atomic E-state index is 0.0477. The Kier molecular flexibility index (Phi) is 5.32. The molecule has 0 saturated carbocycles. The molecule has 25 heavy (non-hydrogen) atoms. The van der Waals surface area contributed by atoms with Crippen LogP contribution < -0.4 is 10.3 Å². The summed E-state index contributed by atoms with van der Waals surface area (Å²) < 4.78 is 28.5. The highest BCUT2D eigenvalue weighted by Crippen LogP contribution is 2.25. The second-order valence-electron chi connectivity index (χ2n) is 4.86. The van der Waals surface area contributed by atoms with Crippen LogP contribution in [0.15, 0.2) is 53.8 Å². The van der Waals surface area contributed by atoms with Crippen molar-refractivity contribution < 1.29 is 13.6 Å². The molecule has 0 radical (unpaired) electrons. The fraction of sp³-hybridized carbons (Fsp3) is 0. The van der Waals surface area contributed by atoms with Gasteiger partial charge in [0.15, 0.2) is 0 Å². The van der Waals surface area contributed by atoms with Crippen molar-refractivity contribution >= 4 is 29.5 Å².